The van der Waals surface area contributed by atoms with Gasteiger partial charge in [0.15, 0.2) is 12.4 Å². The number of fused-ring (bicyclic) bond motifs is 1. The van der Waals surface area contributed by atoms with E-state index in [1.165, 1.54) is 0 Å². The van der Waals surface area contributed by atoms with Gasteiger partial charge in [-0.15, -0.1) is 0 Å². The van der Waals surface area contributed by atoms with Crippen molar-refractivity contribution in [3.05, 3.63) is 106 Å². The highest BCUT2D eigenvalue weighted by Crippen LogP contribution is 2.20. The van der Waals surface area contributed by atoms with Crippen LogP contribution in [0.3, 0.4) is 0 Å². The number of benzene rings is 3. The maximum atomic E-state index is 13.0. The van der Waals surface area contributed by atoms with Crippen LogP contribution in [0, 0.1) is 0 Å². The average molecular weight is 505 g/mol. The second-order valence-electron chi connectivity index (χ2n) is 7.49. The molecule has 166 valence electrons. The normalized spacial score (nSPS) is 11.7. The molecule has 0 fully saturated rings. The molecule has 0 aliphatic heterocycles. The highest BCUT2D eigenvalue weighted by molar-refractivity contribution is 9.10. The van der Waals surface area contributed by atoms with Crippen molar-refractivity contribution in [2.24, 2.45) is 0 Å². The molecule has 1 aromatic heterocycles. The van der Waals surface area contributed by atoms with E-state index < -0.39 is 24.5 Å². The van der Waals surface area contributed by atoms with Crippen molar-refractivity contribution in [1.82, 2.24) is 10.3 Å². The van der Waals surface area contributed by atoms with E-state index in [1.807, 2.05) is 30.5 Å². The van der Waals surface area contributed by atoms with Crippen LogP contribution in [0.1, 0.15) is 26.3 Å². The number of hydrogen-bond donors (Lipinski definition) is 2. The van der Waals surface area contributed by atoms with E-state index in [0.29, 0.717) is 11.1 Å². The largest absolute Gasteiger partial charge is 0.456 e. The van der Waals surface area contributed by atoms with Gasteiger partial charge in [-0.3, -0.25) is 9.59 Å². The Kier molecular flexibility index (Phi) is 7.00. The number of halogens is 1. The summed E-state index contributed by atoms with van der Waals surface area (Å²) in [6.45, 7) is -0.401. The number of H-pyrrole nitrogens is 1. The van der Waals surface area contributed by atoms with Crippen LogP contribution in [0.2, 0.25) is 0 Å². The van der Waals surface area contributed by atoms with E-state index >= 15 is 0 Å². The molecular weight excluding hydrogens is 484 g/mol. The molecule has 0 spiro atoms. The van der Waals surface area contributed by atoms with Gasteiger partial charge in [0.2, 0.25) is 0 Å². The van der Waals surface area contributed by atoms with Crippen LogP contribution in [-0.4, -0.2) is 35.3 Å². The molecule has 0 saturated heterocycles. The maximum absolute atomic E-state index is 13.0. The first kappa shape index (κ1) is 22.5. The predicted octanol–water partition coefficient (Wildman–Crippen LogP) is 4.70. The van der Waals surface area contributed by atoms with Crippen molar-refractivity contribution < 1.29 is 19.1 Å². The molecule has 0 aliphatic carbocycles. The van der Waals surface area contributed by atoms with Crippen molar-refractivity contribution in [3.8, 4) is 0 Å². The first-order valence-corrected chi connectivity index (χ1v) is 11.2. The Bertz CT molecular complexity index is 1280. The van der Waals surface area contributed by atoms with Crippen LogP contribution in [0.15, 0.2) is 89.5 Å². The lowest BCUT2D eigenvalue weighted by Crippen LogP contribution is -2.43. The number of para-hydroxylation sites is 1. The molecule has 0 bridgehead atoms. The Hall–Kier alpha value is -3.71. The van der Waals surface area contributed by atoms with Crippen LogP contribution in [-0.2, 0) is 16.0 Å². The van der Waals surface area contributed by atoms with Gasteiger partial charge < -0.3 is 15.0 Å². The summed E-state index contributed by atoms with van der Waals surface area (Å²) in [5.74, 6) is -1.39. The number of aromatic amines is 1. The van der Waals surface area contributed by atoms with Gasteiger partial charge in [-0.05, 0) is 35.9 Å². The third kappa shape index (κ3) is 5.56. The Morgan fingerprint density at radius 3 is 2.33 bits per heavy atom. The monoisotopic (exact) mass is 504 g/mol. The zero-order valence-corrected chi connectivity index (χ0v) is 19.2. The number of rotatable bonds is 8. The molecule has 1 amide bonds. The number of amides is 1. The second-order valence-corrected chi connectivity index (χ2v) is 8.41. The average Bonchev–Trinajstić information content (AvgIpc) is 3.25. The third-order valence-corrected chi connectivity index (χ3v) is 5.77. The quantitative estimate of drug-likeness (QED) is 0.269. The second kappa shape index (κ2) is 10.3. The topological polar surface area (TPSA) is 88.3 Å². The summed E-state index contributed by atoms with van der Waals surface area (Å²) in [5, 5.41) is 3.72. The molecule has 4 rings (SSSR count). The number of aromatic nitrogens is 1. The fraction of sp³-hybridized carbons (Fsp3) is 0.115. The molecule has 0 aliphatic rings. The lowest BCUT2D eigenvalue weighted by molar-refractivity contribution is -0.144. The van der Waals surface area contributed by atoms with E-state index in [4.69, 9.17) is 4.74 Å². The maximum Gasteiger partial charge on any atom is 0.329 e. The van der Waals surface area contributed by atoms with Crippen molar-refractivity contribution in [2.45, 2.75) is 12.5 Å². The smallest absolute Gasteiger partial charge is 0.329 e. The van der Waals surface area contributed by atoms with E-state index in [2.05, 4.69) is 26.2 Å². The van der Waals surface area contributed by atoms with Gasteiger partial charge in [0.1, 0.15) is 6.04 Å². The fourth-order valence-corrected chi connectivity index (χ4v) is 3.77. The minimum atomic E-state index is -0.969. The van der Waals surface area contributed by atoms with Crippen molar-refractivity contribution in [3.63, 3.8) is 0 Å². The number of carbonyl (C=O) groups is 3. The summed E-state index contributed by atoms with van der Waals surface area (Å²) in [6, 6.07) is 22.2. The Morgan fingerprint density at radius 1 is 0.879 bits per heavy atom. The number of esters is 1. The van der Waals surface area contributed by atoms with Gasteiger partial charge in [0, 0.05) is 39.1 Å². The van der Waals surface area contributed by atoms with Crippen LogP contribution in [0.4, 0.5) is 0 Å². The zero-order valence-electron chi connectivity index (χ0n) is 17.6. The third-order valence-electron chi connectivity index (χ3n) is 5.24. The number of carbonyl (C=O) groups excluding carboxylic acids is 3. The number of Topliss-reactive ketones (excluding diaryl/α,β-unsaturated/α-hetero) is 1. The SMILES string of the molecule is O=C(COC(=O)[C@@H](Cc1c[nH]c2ccccc12)NC(=O)c1ccc(Br)cc1)c1ccccc1. The molecular formula is C26H21BrN2O4. The number of ketones is 1. The number of nitrogens with one attached hydrogen (secondary N) is 2. The molecule has 3 aromatic carbocycles. The molecule has 0 radical (unpaired) electrons. The lowest BCUT2D eigenvalue weighted by atomic mass is 10.0. The van der Waals surface area contributed by atoms with Gasteiger partial charge in [0.25, 0.3) is 5.91 Å². The van der Waals surface area contributed by atoms with Crippen molar-refractivity contribution >= 4 is 44.5 Å². The minimum absolute atomic E-state index is 0.213. The summed E-state index contributed by atoms with van der Waals surface area (Å²) in [4.78, 5) is 41.3. The van der Waals surface area contributed by atoms with Crippen molar-refractivity contribution in [1.29, 1.82) is 0 Å². The van der Waals surface area contributed by atoms with E-state index in [0.717, 1.165) is 20.9 Å². The van der Waals surface area contributed by atoms with Crippen LogP contribution < -0.4 is 5.32 Å². The van der Waals surface area contributed by atoms with Crippen LogP contribution in [0.5, 0.6) is 0 Å². The zero-order chi connectivity index (χ0) is 23.2. The van der Waals surface area contributed by atoms with E-state index in [-0.39, 0.29) is 12.2 Å². The molecule has 2 N–H and O–H groups in total. The van der Waals surface area contributed by atoms with Gasteiger partial charge in [0.05, 0.1) is 0 Å². The predicted molar refractivity (Wildman–Crippen MR) is 129 cm³/mol. The van der Waals surface area contributed by atoms with Gasteiger partial charge in [-0.2, -0.15) is 0 Å². The fourth-order valence-electron chi connectivity index (χ4n) is 3.50. The standard InChI is InChI=1S/C26H21BrN2O4/c27-20-12-10-18(11-13-20)25(31)29-23(14-19-15-28-22-9-5-4-8-21(19)22)26(32)33-16-24(30)17-6-2-1-3-7-17/h1-13,15,23,28H,14,16H2,(H,29,31)/t23-/m1/s1. The molecule has 1 heterocycles. The molecule has 7 heteroatoms. The molecule has 33 heavy (non-hydrogen) atoms. The van der Waals surface area contributed by atoms with Gasteiger partial charge >= 0.3 is 5.97 Å². The van der Waals surface area contributed by atoms with E-state index in [9.17, 15) is 14.4 Å². The molecule has 1 atom stereocenters. The highest BCUT2D eigenvalue weighted by atomic mass is 79.9. The van der Waals surface area contributed by atoms with Crippen LogP contribution in [0.25, 0.3) is 10.9 Å². The minimum Gasteiger partial charge on any atom is -0.456 e. The molecule has 4 aromatic rings. The molecule has 0 unspecified atom stereocenters. The first-order valence-electron chi connectivity index (χ1n) is 10.4. The summed E-state index contributed by atoms with van der Waals surface area (Å²) in [6.07, 6.45) is 2.02. The Morgan fingerprint density at radius 2 is 1.58 bits per heavy atom. The van der Waals surface area contributed by atoms with E-state index in [1.54, 1.807) is 54.6 Å². The summed E-state index contributed by atoms with van der Waals surface area (Å²) in [5.41, 5.74) is 2.66. The Labute approximate surface area is 199 Å². The highest BCUT2D eigenvalue weighted by Gasteiger charge is 2.25. The van der Waals surface area contributed by atoms with Gasteiger partial charge in [-0.25, -0.2) is 4.79 Å². The first-order chi connectivity index (χ1) is 16.0. The number of hydrogen-bond acceptors (Lipinski definition) is 4. The summed E-state index contributed by atoms with van der Waals surface area (Å²) in [7, 11) is 0. The summed E-state index contributed by atoms with van der Waals surface area (Å²) >= 11 is 3.34. The molecule has 0 saturated carbocycles. The lowest BCUT2D eigenvalue weighted by Gasteiger charge is -2.17. The Balaban J connectivity index is 1.52. The summed E-state index contributed by atoms with van der Waals surface area (Å²) < 4.78 is 6.16. The number of ether oxygens (including phenoxy) is 1. The van der Waals surface area contributed by atoms with Gasteiger partial charge in [-0.1, -0.05) is 64.5 Å². The van der Waals surface area contributed by atoms with Crippen LogP contribution >= 0.6 is 15.9 Å². The van der Waals surface area contributed by atoms with Crippen molar-refractivity contribution in [2.75, 3.05) is 6.61 Å². The molecule has 6 nitrogen and oxygen atoms in total.